The van der Waals surface area contributed by atoms with Crippen LogP contribution in [-0.4, -0.2) is 43.5 Å². The van der Waals surface area contributed by atoms with Gasteiger partial charge in [-0.25, -0.2) is 5.43 Å². The second-order valence-corrected chi connectivity index (χ2v) is 5.12. The molecule has 0 aromatic heterocycles. The number of rotatable bonds is 7. The van der Waals surface area contributed by atoms with Crippen LogP contribution in [0.4, 0.5) is 5.69 Å². The van der Waals surface area contributed by atoms with Gasteiger partial charge in [0.15, 0.2) is 17.2 Å². The molecule has 0 spiro atoms. The zero-order chi connectivity index (χ0) is 20.0. The summed E-state index contributed by atoms with van der Waals surface area (Å²) in [6, 6.07) is 7.03. The largest absolute Gasteiger partial charge is 0.500 e. The third kappa shape index (κ3) is 4.42. The van der Waals surface area contributed by atoms with Crippen LogP contribution in [0.2, 0.25) is 0 Å². The van der Waals surface area contributed by atoms with Crippen molar-refractivity contribution >= 4 is 17.8 Å². The van der Waals surface area contributed by atoms with E-state index in [0.29, 0.717) is 11.5 Å². The normalized spacial score (nSPS) is 10.5. The summed E-state index contributed by atoms with van der Waals surface area (Å²) < 4.78 is 15.1. The fraction of sp³-hybridized carbons (Fsp3) is 0.176. The topological polar surface area (TPSA) is 133 Å². The molecule has 0 radical (unpaired) electrons. The maximum Gasteiger partial charge on any atom is 0.315 e. The Morgan fingerprint density at radius 2 is 1.78 bits per heavy atom. The van der Waals surface area contributed by atoms with Crippen molar-refractivity contribution in [2.24, 2.45) is 5.10 Å². The van der Waals surface area contributed by atoms with Crippen molar-refractivity contribution in [3.8, 4) is 23.0 Å². The van der Waals surface area contributed by atoms with Crippen LogP contribution in [-0.2, 0) is 0 Å². The number of methoxy groups -OCH3 is 3. The van der Waals surface area contributed by atoms with Gasteiger partial charge >= 0.3 is 5.69 Å². The lowest BCUT2D eigenvalue weighted by molar-refractivity contribution is -0.386. The highest BCUT2D eigenvalue weighted by Crippen LogP contribution is 2.36. The number of hydrogen-bond acceptors (Lipinski definition) is 8. The van der Waals surface area contributed by atoms with E-state index in [1.54, 1.807) is 6.07 Å². The van der Waals surface area contributed by atoms with Crippen molar-refractivity contribution < 1.29 is 29.0 Å². The van der Waals surface area contributed by atoms with Crippen LogP contribution >= 0.6 is 0 Å². The first-order chi connectivity index (χ1) is 12.9. The number of nitro benzene ring substituents is 1. The van der Waals surface area contributed by atoms with Crippen LogP contribution < -0.4 is 19.6 Å². The number of hydrogen-bond donors (Lipinski definition) is 2. The molecule has 0 aliphatic rings. The van der Waals surface area contributed by atoms with Crippen LogP contribution in [0.15, 0.2) is 35.4 Å². The number of hydrazone groups is 1. The predicted molar refractivity (Wildman–Crippen MR) is 95.9 cm³/mol. The van der Waals surface area contributed by atoms with Crippen LogP contribution in [0.3, 0.4) is 0 Å². The fourth-order valence-corrected chi connectivity index (χ4v) is 2.19. The van der Waals surface area contributed by atoms with Crippen LogP contribution in [0.25, 0.3) is 0 Å². The highest BCUT2D eigenvalue weighted by molar-refractivity contribution is 5.95. The summed E-state index contributed by atoms with van der Waals surface area (Å²) >= 11 is 0. The average molecular weight is 375 g/mol. The van der Waals surface area contributed by atoms with E-state index < -0.39 is 22.3 Å². The van der Waals surface area contributed by atoms with E-state index in [1.165, 1.54) is 45.7 Å². The molecule has 0 saturated heterocycles. The van der Waals surface area contributed by atoms with Crippen LogP contribution in [0.1, 0.15) is 15.9 Å². The number of nitrogens with one attached hydrogen (secondary N) is 1. The van der Waals surface area contributed by atoms with Gasteiger partial charge in [-0.1, -0.05) is 0 Å². The van der Waals surface area contributed by atoms with E-state index in [2.05, 4.69) is 10.5 Å². The molecule has 10 nitrogen and oxygen atoms in total. The molecule has 0 aliphatic heterocycles. The average Bonchev–Trinajstić information content (AvgIpc) is 2.67. The van der Waals surface area contributed by atoms with E-state index in [9.17, 15) is 20.0 Å². The monoisotopic (exact) mass is 375 g/mol. The molecule has 2 aromatic rings. The molecule has 1 amide bonds. The maximum absolute atomic E-state index is 12.2. The molecular formula is C17H17N3O7. The van der Waals surface area contributed by atoms with Crippen LogP contribution in [0.5, 0.6) is 23.0 Å². The van der Waals surface area contributed by atoms with Crippen molar-refractivity contribution in [3.63, 3.8) is 0 Å². The van der Waals surface area contributed by atoms with Crippen molar-refractivity contribution in [1.82, 2.24) is 5.43 Å². The molecule has 0 atom stereocenters. The summed E-state index contributed by atoms with van der Waals surface area (Å²) in [5, 5.41) is 24.5. The molecule has 0 heterocycles. The molecule has 10 heteroatoms. The highest BCUT2D eigenvalue weighted by Gasteiger charge is 2.19. The number of nitrogens with zero attached hydrogens (tertiary/aromatic N) is 2. The number of carbonyl (C=O) groups excluding carboxylic acids is 1. The molecule has 0 unspecified atom stereocenters. The Labute approximate surface area is 154 Å². The van der Waals surface area contributed by atoms with Gasteiger partial charge in [0.25, 0.3) is 5.91 Å². The molecule has 0 bridgehead atoms. The van der Waals surface area contributed by atoms with Crippen molar-refractivity contribution in [2.45, 2.75) is 0 Å². The molecule has 2 N–H and O–H groups in total. The standard InChI is InChI=1S/C17H17N3O7/c1-25-13-5-4-11(8-14(13)26-2)17(22)19-18-9-10-6-12(20(23)24)16(21)15(7-10)27-3/h4-9,21H,1-3H3,(H,19,22)/b18-9-. The third-order valence-electron chi connectivity index (χ3n) is 3.52. The summed E-state index contributed by atoms with van der Waals surface area (Å²) in [7, 11) is 4.19. The van der Waals surface area contributed by atoms with E-state index in [0.717, 1.165) is 6.07 Å². The number of amides is 1. The summed E-state index contributed by atoms with van der Waals surface area (Å²) in [5.41, 5.74) is 2.29. The Balaban J connectivity index is 2.19. The van der Waals surface area contributed by atoms with Crippen LogP contribution in [0, 0.1) is 10.1 Å². The van der Waals surface area contributed by atoms with Gasteiger partial charge in [-0.2, -0.15) is 5.10 Å². The second kappa shape index (κ2) is 8.52. The Hall–Kier alpha value is -3.82. The van der Waals surface area contributed by atoms with E-state index in [1.807, 2.05) is 0 Å². The lowest BCUT2D eigenvalue weighted by Gasteiger charge is -2.08. The van der Waals surface area contributed by atoms with Gasteiger partial charge in [0, 0.05) is 17.2 Å². The number of nitro groups is 1. The van der Waals surface area contributed by atoms with Gasteiger partial charge in [-0.05, 0) is 24.3 Å². The van der Waals surface area contributed by atoms with Gasteiger partial charge < -0.3 is 19.3 Å². The van der Waals surface area contributed by atoms with Gasteiger partial charge in [0.2, 0.25) is 5.75 Å². The van der Waals surface area contributed by atoms with Gasteiger partial charge in [-0.15, -0.1) is 0 Å². The van der Waals surface area contributed by atoms with Crippen molar-refractivity contribution in [1.29, 1.82) is 0 Å². The number of aromatic hydroxyl groups is 1. The minimum Gasteiger partial charge on any atom is -0.500 e. The second-order valence-electron chi connectivity index (χ2n) is 5.12. The minimum atomic E-state index is -0.753. The fourth-order valence-electron chi connectivity index (χ4n) is 2.19. The lowest BCUT2D eigenvalue weighted by Crippen LogP contribution is -2.17. The Bertz CT molecular complexity index is 896. The lowest BCUT2D eigenvalue weighted by atomic mass is 10.2. The molecule has 0 fully saturated rings. The summed E-state index contributed by atoms with van der Waals surface area (Å²) in [6.07, 6.45) is 1.19. The zero-order valence-corrected chi connectivity index (χ0v) is 14.8. The number of carbonyl (C=O) groups is 1. The molecule has 27 heavy (non-hydrogen) atoms. The first-order valence-electron chi connectivity index (χ1n) is 7.52. The molecule has 2 aromatic carbocycles. The third-order valence-corrected chi connectivity index (χ3v) is 3.52. The van der Waals surface area contributed by atoms with E-state index in [4.69, 9.17) is 14.2 Å². The number of phenols is 1. The van der Waals surface area contributed by atoms with Gasteiger partial charge in [0.05, 0.1) is 32.5 Å². The first-order valence-corrected chi connectivity index (χ1v) is 7.52. The number of ether oxygens (including phenoxy) is 3. The molecule has 0 aliphatic carbocycles. The quantitative estimate of drug-likeness (QED) is 0.430. The maximum atomic E-state index is 12.2. The Kier molecular flexibility index (Phi) is 6.15. The Morgan fingerprint density at radius 3 is 2.37 bits per heavy atom. The van der Waals surface area contributed by atoms with Gasteiger partial charge in [0.1, 0.15) is 0 Å². The molecule has 142 valence electrons. The SMILES string of the molecule is COc1ccc(C(=O)N/N=C\c2cc(OC)c(O)c([N+](=O)[O-])c2)cc1OC. The van der Waals surface area contributed by atoms with Crippen molar-refractivity contribution in [3.05, 3.63) is 51.6 Å². The summed E-state index contributed by atoms with van der Waals surface area (Å²) in [4.78, 5) is 22.4. The summed E-state index contributed by atoms with van der Waals surface area (Å²) in [6.45, 7) is 0. The zero-order valence-electron chi connectivity index (χ0n) is 14.8. The first kappa shape index (κ1) is 19.5. The molecule has 0 saturated carbocycles. The van der Waals surface area contributed by atoms with E-state index in [-0.39, 0.29) is 16.9 Å². The highest BCUT2D eigenvalue weighted by atomic mass is 16.6. The smallest absolute Gasteiger partial charge is 0.315 e. The molecular weight excluding hydrogens is 358 g/mol. The minimum absolute atomic E-state index is 0.0862. The summed E-state index contributed by atoms with van der Waals surface area (Å²) in [5.74, 6) is -0.340. The predicted octanol–water partition coefficient (Wildman–Crippen LogP) is 2.09. The number of benzene rings is 2. The van der Waals surface area contributed by atoms with Crippen molar-refractivity contribution in [2.75, 3.05) is 21.3 Å². The molecule has 2 rings (SSSR count). The number of phenolic OH excluding ortho intramolecular Hbond substituents is 1. The van der Waals surface area contributed by atoms with Gasteiger partial charge in [-0.3, -0.25) is 14.9 Å². The van der Waals surface area contributed by atoms with E-state index >= 15 is 0 Å². The Morgan fingerprint density at radius 1 is 1.11 bits per heavy atom.